The number of amides is 1. The fraction of sp³-hybridized carbons (Fsp3) is 0. The molecule has 0 fully saturated rings. The monoisotopic (exact) mass is 287 g/mol. The largest absolute Gasteiger partial charge is 0.383 e. The van der Waals surface area contributed by atoms with Crippen molar-refractivity contribution in [3.05, 3.63) is 71.4 Å². The lowest BCUT2D eigenvalue weighted by Gasteiger charge is -2.03. The van der Waals surface area contributed by atoms with Gasteiger partial charge in [-0.2, -0.15) is 0 Å². The Balaban J connectivity index is 2.04. The van der Waals surface area contributed by atoms with E-state index in [2.05, 4.69) is 16.8 Å². The van der Waals surface area contributed by atoms with Crippen molar-refractivity contribution in [3.8, 4) is 11.8 Å². The van der Waals surface area contributed by atoms with Crippen LogP contribution in [0.4, 0.5) is 5.82 Å². The number of carbonyl (C=O) groups is 1. The smallest absolute Gasteiger partial charge is 0.248 e. The minimum atomic E-state index is -0.456. The molecule has 2 aromatic carbocycles. The van der Waals surface area contributed by atoms with Gasteiger partial charge >= 0.3 is 0 Å². The van der Waals surface area contributed by atoms with Crippen LogP contribution in [0.1, 0.15) is 21.5 Å². The van der Waals surface area contributed by atoms with Crippen molar-refractivity contribution in [1.82, 2.24) is 4.98 Å². The van der Waals surface area contributed by atoms with E-state index in [1.165, 1.54) is 0 Å². The summed E-state index contributed by atoms with van der Waals surface area (Å²) in [5.41, 5.74) is 13.1. The van der Waals surface area contributed by atoms with E-state index < -0.39 is 5.91 Å². The van der Waals surface area contributed by atoms with Crippen LogP contribution in [0.15, 0.2) is 54.7 Å². The number of nitrogens with zero attached hydrogens (tertiary/aromatic N) is 1. The normalized spacial score (nSPS) is 10.0. The van der Waals surface area contributed by atoms with Gasteiger partial charge in [-0.05, 0) is 24.3 Å². The Labute approximate surface area is 127 Å². The second-order valence-corrected chi connectivity index (χ2v) is 4.80. The second-order valence-electron chi connectivity index (χ2n) is 4.80. The van der Waals surface area contributed by atoms with Crippen LogP contribution in [0, 0.1) is 11.8 Å². The average Bonchev–Trinajstić information content (AvgIpc) is 2.54. The third-order valence-electron chi connectivity index (χ3n) is 3.33. The molecule has 1 amide bonds. The fourth-order valence-electron chi connectivity index (χ4n) is 2.16. The van der Waals surface area contributed by atoms with Crippen LogP contribution in [0.25, 0.3) is 10.8 Å². The minimum Gasteiger partial charge on any atom is -0.383 e. The number of pyridine rings is 1. The fourth-order valence-corrected chi connectivity index (χ4v) is 2.16. The highest BCUT2D eigenvalue weighted by Gasteiger charge is 2.03. The molecule has 0 aliphatic heterocycles. The van der Waals surface area contributed by atoms with Crippen LogP contribution in [-0.4, -0.2) is 10.9 Å². The van der Waals surface area contributed by atoms with E-state index in [-0.39, 0.29) is 0 Å². The third kappa shape index (κ3) is 2.60. The zero-order chi connectivity index (χ0) is 15.5. The topological polar surface area (TPSA) is 82.0 Å². The van der Waals surface area contributed by atoms with Crippen LogP contribution < -0.4 is 11.5 Å². The van der Waals surface area contributed by atoms with E-state index in [1.807, 2.05) is 24.3 Å². The number of fused-ring (bicyclic) bond motifs is 1. The molecule has 0 spiro atoms. The number of benzene rings is 2. The first-order valence-corrected chi connectivity index (χ1v) is 6.70. The van der Waals surface area contributed by atoms with Crippen molar-refractivity contribution in [3.63, 3.8) is 0 Å². The Kier molecular flexibility index (Phi) is 3.47. The molecule has 3 aromatic rings. The van der Waals surface area contributed by atoms with E-state index >= 15 is 0 Å². The van der Waals surface area contributed by atoms with Crippen LogP contribution in [0.2, 0.25) is 0 Å². The molecule has 0 atom stereocenters. The summed E-state index contributed by atoms with van der Waals surface area (Å²) in [5, 5.41) is 1.96. The molecular weight excluding hydrogens is 274 g/mol. The molecule has 1 heterocycles. The summed E-state index contributed by atoms with van der Waals surface area (Å²) >= 11 is 0. The number of rotatable bonds is 1. The lowest BCUT2D eigenvalue weighted by molar-refractivity contribution is 0.100. The maximum Gasteiger partial charge on any atom is 0.248 e. The quantitative estimate of drug-likeness (QED) is 0.674. The molecule has 0 aliphatic carbocycles. The molecule has 106 valence electrons. The number of aromatic nitrogens is 1. The van der Waals surface area contributed by atoms with E-state index in [1.54, 1.807) is 30.5 Å². The molecule has 0 bridgehead atoms. The molecular formula is C18H13N3O. The van der Waals surface area contributed by atoms with Gasteiger partial charge in [0.1, 0.15) is 5.82 Å². The summed E-state index contributed by atoms with van der Waals surface area (Å²) in [4.78, 5) is 15.2. The Morgan fingerprint density at radius 3 is 2.45 bits per heavy atom. The van der Waals surface area contributed by atoms with Gasteiger partial charge in [-0.3, -0.25) is 4.79 Å². The predicted octanol–water partition coefficient (Wildman–Crippen LogP) is 2.32. The van der Waals surface area contributed by atoms with Gasteiger partial charge < -0.3 is 11.5 Å². The van der Waals surface area contributed by atoms with Gasteiger partial charge in [0.05, 0.1) is 5.56 Å². The maximum atomic E-state index is 11.0. The van der Waals surface area contributed by atoms with Crippen molar-refractivity contribution in [2.75, 3.05) is 5.73 Å². The second kappa shape index (κ2) is 5.58. The summed E-state index contributed by atoms with van der Waals surface area (Å²) in [7, 11) is 0. The van der Waals surface area contributed by atoms with Crippen molar-refractivity contribution in [2.24, 2.45) is 5.73 Å². The molecule has 4 N–H and O–H groups in total. The van der Waals surface area contributed by atoms with Crippen LogP contribution in [0.5, 0.6) is 0 Å². The maximum absolute atomic E-state index is 11.0. The number of hydrogen-bond donors (Lipinski definition) is 2. The summed E-state index contributed by atoms with van der Waals surface area (Å²) in [5.74, 6) is 6.05. The number of anilines is 1. The Morgan fingerprint density at radius 1 is 1.00 bits per heavy atom. The van der Waals surface area contributed by atoms with Gasteiger partial charge in [0, 0.05) is 28.1 Å². The molecule has 0 unspecified atom stereocenters. The first-order chi connectivity index (χ1) is 10.6. The van der Waals surface area contributed by atoms with Crippen LogP contribution in [0.3, 0.4) is 0 Å². The predicted molar refractivity (Wildman–Crippen MR) is 87.1 cm³/mol. The average molecular weight is 287 g/mol. The van der Waals surface area contributed by atoms with Crippen molar-refractivity contribution in [1.29, 1.82) is 0 Å². The van der Waals surface area contributed by atoms with Gasteiger partial charge in [0.2, 0.25) is 5.91 Å². The Hall–Kier alpha value is -3.32. The highest BCUT2D eigenvalue weighted by molar-refractivity contribution is 5.93. The number of hydrogen-bond acceptors (Lipinski definition) is 3. The SMILES string of the molecule is NC(=O)c1ccc(C#Cc2c(N)ncc3ccccc23)cc1. The Bertz CT molecular complexity index is 918. The molecule has 4 heteroatoms. The molecule has 0 radical (unpaired) electrons. The van der Waals surface area contributed by atoms with Crippen LogP contribution in [-0.2, 0) is 0 Å². The summed E-state index contributed by atoms with van der Waals surface area (Å²) in [6.45, 7) is 0. The number of primary amides is 1. The highest BCUT2D eigenvalue weighted by Crippen LogP contribution is 2.21. The number of nitrogens with two attached hydrogens (primary N) is 2. The molecule has 3 rings (SSSR count). The molecule has 4 nitrogen and oxygen atoms in total. The van der Waals surface area contributed by atoms with Gasteiger partial charge in [0.15, 0.2) is 0 Å². The van der Waals surface area contributed by atoms with Crippen molar-refractivity contribution < 1.29 is 4.79 Å². The number of carbonyl (C=O) groups excluding carboxylic acids is 1. The third-order valence-corrected chi connectivity index (χ3v) is 3.33. The summed E-state index contributed by atoms with van der Waals surface area (Å²) < 4.78 is 0. The van der Waals surface area contributed by atoms with E-state index in [0.717, 1.165) is 16.3 Å². The van der Waals surface area contributed by atoms with Gasteiger partial charge in [-0.15, -0.1) is 0 Å². The lowest BCUT2D eigenvalue weighted by atomic mass is 10.1. The molecule has 0 aliphatic rings. The van der Waals surface area contributed by atoms with Crippen molar-refractivity contribution >= 4 is 22.5 Å². The zero-order valence-electron chi connectivity index (χ0n) is 11.7. The molecule has 0 saturated carbocycles. The summed E-state index contributed by atoms with van der Waals surface area (Å²) in [6, 6.07) is 14.6. The Morgan fingerprint density at radius 2 is 1.73 bits per heavy atom. The summed E-state index contributed by atoms with van der Waals surface area (Å²) in [6.07, 6.45) is 1.73. The number of nitrogen functional groups attached to an aromatic ring is 1. The zero-order valence-corrected chi connectivity index (χ0v) is 11.7. The molecule has 0 saturated heterocycles. The highest BCUT2D eigenvalue weighted by atomic mass is 16.1. The first kappa shape index (κ1) is 13.7. The standard InChI is InChI=1S/C18H13N3O/c19-17-16(15-4-2-1-3-14(15)11-21-17)10-7-12-5-8-13(9-6-12)18(20)22/h1-6,8-9,11H,(H2,19,21)(H2,20,22). The minimum absolute atomic E-state index is 0.403. The van der Waals surface area contributed by atoms with Crippen LogP contribution >= 0.6 is 0 Å². The van der Waals surface area contributed by atoms with Crippen molar-refractivity contribution in [2.45, 2.75) is 0 Å². The van der Waals surface area contributed by atoms with E-state index in [4.69, 9.17) is 11.5 Å². The van der Waals surface area contributed by atoms with E-state index in [9.17, 15) is 4.79 Å². The molecule has 1 aromatic heterocycles. The van der Waals surface area contributed by atoms with Gasteiger partial charge in [-0.25, -0.2) is 4.98 Å². The van der Waals surface area contributed by atoms with E-state index in [0.29, 0.717) is 16.9 Å². The molecule has 22 heavy (non-hydrogen) atoms. The lowest BCUT2D eigenvalue weighted by Crippen LogP contribution is -2.10. The van der Waals surface area contributed by atoms with Gasteiger partial charge in [0.25, 0.3) is 0 Å². The first-order valence-electron chi connectivity index (χ1n) is 6.70. The van der Waals surface area contributed by atoms with Gasteiger partial charge in [-0.1, -0.05) is 36.1 Å².